The van der Waals surface area contributed by atoms with Crippen molar-refractivity contribution >= 4 is 51.7 Å². The van der Waals surface area contributed by atoms with Gasteiger partial charge in [-0.1, -0.05) is 29.8 Å². The van der Waals surface area contributed by atoms with Gasteiger partial charge in [0.15, 0.2) is 5.17 Å². The maximum absolute atomic E-state index is 11.9. The molecule has 0 spiro atoms. The van der Waals surface area contributed by atoms with Gasteiger partial charge in [0.2, 0.25) is 11.8 Å². The van der Waals surface area contributed by atoms with Crippen LogP contribution in [0.4, 0.5) is 11.4 Å². The van der Waals surface area contributed by atoms with Crippen LogP contribution in [0.25, 0.3) is 0 Å². The van der Waals surface area contributed by atoms with Crippen LogP contribution in [0.1, 0.15) is 19.3 Å². The molecule has 0 radical (unpaired) electrons. The van der Waals surface area contributed by atoms with Crippen molar-refractivity contribution in [2.24, 2.45) is 10.9 Å². The highest BCUT2D eigenvalue weighted by molar-refractivity contribution is 8.15. The first-order chi connectivity index (χ1) is 10.1. The summed E-state index contributed by atoms with van der Waals surface area (Å²) in [5.74, 6) is 0.476. The molecule has 2 fully saturated rings. The van der Waals surface area contributed by atoms with Crippen molar-refractivity contribution in [2.45, 2.75) is 19.3 Å². The van der Waals surface area contributed by atoms with Crippen molar-refractivity contribution in [2.75, 3.05) is 11.1 Å². The van der Waals surface area contributed by atoms with Crippen molar-refractivity contribution in [3.8, 4) is 0 Å². The number of hydrogen-bond acceptors (Lipinski definition) is 4. The Balaban J connectivity index is 1.76. The summed E-state index contributed by atoms with van der Waals surface area (Å²) >= 11 is 7.44. The van der Waals surface area contributed by atoms with E-state index in [9.17, 15) is 9.59 Å². The van der Waals surface area contributed by atoms with Crippen LogP contribution < -0.4 is 10.6 Å². The number of thioether (sulfide) groups is 1. The molecule has 0 atom stereocenters. The van der Waals surface area contributed by atoms with E-state index in [0.717, 1.165) is 19.3 Å². The van der Waals surface area contributed by atoms with E-state index in [1.165, 1.54) is 11.8 Å². The fourth-order valence-corrected chi connectivity index (χ4v) is 2.93. The minimum Gasteiger partial charge on any atom is -0.326 e. The number of amidine groups is 1. The molecule has 3 rings (SSSR count). The molecular weight excluding hydrogens is 310 g/mol. The maximum Gasteiger partial charge on any atom is 0.236 e. The Morgan fingerprint density at radius 3 is 2.86 bits per heavy atom. The number of anilines is 1. The zero-order valence-electron chi connectivity index (χ0n) is 11.2. The summed E-state index contributed by atoms with van der Waals surface area (Å²) in [6, 6.07) is 5.17. The molecule has 1 aromatic carbocycles. The van der Waals surface area contributed by atoms with Gasteiger partial charge in [0.25, 0.3) is 0 Å². The third kappa shape index (κ3) is 3.39. The zero-order valence-corrected chi connectivity index (χ0v) is 12.8. The molecule has 1 aromatic rings. The molecule has 21 heavy (non-hydrogen) atoms. The molecule has 0 aromatic heterocycles. The second kappa shape index (κ2) is 6.07. The number of hydrogen-bond donors (Lipinski definition) is 2. The first-order valence-corrected chi connectivity index (χ1v) is 8.10. The van der Waals surface area contributed by atoms with Crippen LogP contribution >= 0.6 is 23.4 Å². The highest BCUT2D eigenvalue weighted by atomic mass is 35.5. The zero-order chi connectivity index (χ0) is 14.8. The third-order valence-electron chi connectivity index (χ3n) is 3.50. The first-order valence-electron chi connectivity index (χ1n) is 6.73. The molecule has 110 valence electrons. The lowest BCUT2D eigenvalue weighted by Crippen LogP contribution is -2.27. The number of amides is 2. The Bertz CT molecular complexity index is 629. The van der Waals surface area contributed by atoms with Crippen LogP contribution in [-0.4, -0.2) is 22.7 Å². The molecule has 0 bridgehead atoms. The summed E-state index contributed by atoms with van der Waals surface area (Å²) in [6.45, 7) is 0. The average Bonchev–Trinajstić information content (AvgIpc) is 2.77. The molecule has 1 saturated carbocycles. The number of carbonyl (C=O) groups excluding carboxylic acids is 2. The highest BCUT2D eigenvalue weighted by Crippen LogP contribution is 2.31. The van der Waals surface area contributed by atoms with Gasteiger partial charge < -0.3 is 10.6 Å². The van der Waals surface area contributed by atoms with Gasteiger partial charge in [-0.15, -0.1) is 0 Å². The molecule has 1 heterocycles. The van der Waals surface area contributed by atoms with Gasteiger partial charge in [-0.2, -0.15) is 0 Å². The molecule has 7 heteroatoms. The summed E-state index contributed by atoms with van der Waals surface area (Å²) in [5, 5.41) is 6.55. The van der Waals surface area contributed by atoms with E-state index in [-0.39, 0.29) is 17.7 Å². The lowest BCUT2D eigenvalue weighted by Gasteiger charge is -2.24. The van der Waals surface area contributed by atoms with Crippen LogP contribution in [0.5, 0.6) is 0 Å². The fourth-order valence-electron chi connectivity index (χ4n) is 2.09. The normalized spacial score (nSPS) is 20.2. The maximum atomic E-state index is 11.9. The quantitative estimate of drug-likeness (QED) is 0.898. The third-order valence-corrected chi connectivity index (χ3v) is 4.69. The van der Waals surface area contributed by atoms with Crippen molar-refractivity contribution in [1.29, 1.82) is 0 Å². The van der Waals surface area contributed by atoms with Gasteiger partial charge in [-0.05, 0) is 31.0 Å². The highest BCUT2D eigenvalue weighted by Gasteiger charge is 2.25. The van der Waals surface area contributed by atoms with E-state index in [0.29, 0.717) is 27.3 Å². The minimum absolute atomic E-state index is 0.0470. The summed E-state index contributed by atoms with van der Waals surface area (Å²) in [7, 11) is 0. The molecule has 1 saturated heterocycles. The van der Waals surface area contributed by atoms with E-state index in [2.05, 4.69) is 15.6 Å². The topological polar surface area (TPSA) is 70.6 Å². The molecule has 5 nitrogen and oxygen atoms in total. The van der Waals surface area contributed by atoms with Gasteiger partial charge in [-0.3, -0.25) is 9.59 Å². The lowest BCUT2D eigenvalue weighted by molar-refractivity contribution is -0.122. The summed E-state index contributed by atoms with van der Waals surface area (Å²) in [4.78, 5) is 27.4. The van der Waals surface area contributed by atoms with Gasteiger partial charge >= 0.3 is 0 Å². The predicted octanol–water partition coefficient (Wildman–Crippen LogP) is 2.93. The SMILES string of the molecule is O=C1CSC(=Nc2cc(NC(=O)C3CCC3)ccc2Cl)N1. The van der Waals surface area contributed by atoms with Crippen LogP contribution in [0.2, 0.25) is 5.02 Å². The summed E-state index contributed by atoms with van der Waals surface area (Å²) in [6.07, 6.45) is 3.03. The fraction of sp³-hybridized carbons (Fsp3) is 0.357. The Kier molecular flexibility index (Phi) is 4.17. The monoisotopic (exact) mass is 323 g/mol. The molecule has 0 unspecified atom stereocenters. The molecule has 1 aliphatic heterocycles. The standard InChI is InChI=1S/C14H14ClN3O2S/c15-10-5-4-9(16-13(20)8-2-1-3-8)6-11(10)17-14-18-12(19)7-21-14/h4-6,8H,1-3,7H2,(H,16,20)(H,17,18,19). The second-order valence-corrected chi connectivity index (χ2v) is 6.41. The number of rotatable bonds is 3. The van der Waals surface area contributed by atoms with E-state index in [4.69, 9.17) is 11.6 Å². The van der Waals surface area contributed by atoms with Crippen molar-refractivity contribution in [1.82, 2.24) is 5.32 Å². The average molecular weight is 324 g/mol. The Labute approximate surface area is 131 Å². The van der Waals surface area contributed by atoms with E-state index in [1.807, 2.05) is 0 Å². The number of benzene rings is 1. The Hall–Kier alpha value is -1.53. The van der Waals surface area contributed by atoms with Crippen molar-refractivity contribution in [3.05, 3.63) is 23.2 Å². The summed E-state index contributed by atoms with van der Waals surface area (Å²) in [5.41, 5.74) is 1.21. The number of carbonyl (C=O) groups is 2. The van der Waals surface area contributed by atoms with E-state index < -0.39 is 0 Å². The van der Waals surface area contributed by atoms with Crippen LogP contribution in [0, 0.1) is 5.92 Å². The van der Waals surface area contributed by atoms with Crippen LogP contribution in [0.3, 0.4) is 0 Å². The van der Waals surface area contributed by atoms with E-state index in [1.54, 1.807) is 18.2 Å². The second-order valence-electron chi connectivity index (χ2n) is 5.04. The number of nitrogens with zero attached hydrogens (tertiary/aromatic N) is 1. The number of aliphatic imine (C=N–C) groups is 1. The molecule has 2 amide bonds. The molecule has 2 N–H and O–H groups in total. The van der Waals surface area contributed by atoms with Crippen LogP contribution in [-0.2, 0) is 9.59 Å². The number of halogens is 1. The van der Waals surface area contributed by atoms with Gasteiger partial charge in [-0.25, -0.2) is 4.99 Å². The molecular formula is C14H14ClN3O2S. The predicted molar refractivity (Wildman–Crippen MR) is 85.1 cm³/mol. The Morgan fingerprint density at radius 1 is 1.43 bits per heavy atom. The number of nitrogens with one attached hydrogen (secondary N) is 2. The van der Waals surface area contributed by atoms with Crippen molar-refractivity contribution in [3.63, 3.8) is 0 Å². The largest absolute Gasteiger partial charge is 0.326 e. The molecule has 2 aliphatic rings. The van der Waals surface area contributed by atoms with E-state index >= 15 is 0 Å². The smallest absolute Gasteiger partial charge is 0.236 e. The first kappa shape index (κ1) is 14.4. The lowest BCUT2D eigenvalue weighted by atomic mass is 9.85. The Morgan fingerprint density at radius 2 is 2.24 bits per heavy atom. The van der Waals surface area contributed by atoms with Crippen LogP contribution in [0.15, 0.2) is 23.2 Å². The van der Waals surface area contributed by atoms with Gasteiger partial charge in [0.1, 0.15) is 0 Å². The summed E-state index contributed by atoms with van der Waals surface area (Å²) < 4.78 is 0. The minimum atomic E-state index is -0.0655. The van der Waals surface area contributed by atoms with Gasteiger partial charge in [0, 0.05) is 11.6 Å². The molecule has 1 aliphatic carbocycles. The van der Waals surface area contributed by atoms with Crippen molar-refractivity contribution < 1.29 is 9.59 Å². The van der Waals surface area contributed by atoms with Gasteiger partial charge in [0.05, 0.1) is 16.5 Å².